The van der Waals surface area contributed by atoms with E-state index in [1.165, 1.54) is 12.1 Å². The molecule has 0 aliphatic rings. The molecule has 2 rings (SSSR count). The van der Waals surface area contributed by atoms with Gasteiger partial charge in [0.2, 0.25) is 5.91 Å². The summed E-state index contributed by atoms with van der Waals surface area (Å²) < 4.78 is 0. The molecule has 0 bridgehead atoms. The van der Waals surface area contributed by atoms with Crippen molar-refractivity contribution in [2.75, 3.05) is 6.54 Å². The lowest BCUT2D eigenvalue weighted by atomic mass is 9.96. The number of amides is 2. The number of rotatable bonds is 7. The Morgan fingerprint density at radius 2 is 1.76 bits per heavy atom. The molecule has 130 valence electrons. The first-order chi connectivity index (χ1) is 11.9. The molecule has 0 fully saturated rings. The Kier molecular flexibility index (Phi) is 6.56. The van der Waals surface area contributed by atoms with Crippen LogP contribution in [0.1, 0.15) is 38.6 Å². The Morgan fingerprint density at radius 1 is 1.08 bits per heavy atom. The number of nitrogens with two attached hydrogens (primary N) is 1. The van der Waals surface area contributed by atoms with Crippen LogP contribution in [0.3, 0.4) is 0 Å². The average Bonchev–Trinajstić information content (AvgIpc) is 2.60. The number of primary amides is 1. The number of hydrogen-bond acceptors (Lipinski definition) is 3. The highest BCUT2D eigenvalue weighted by atomic mass is 35.5. The second kappa shape index (κ2) is 8.65. The largest absolute Gasteiger partial charge is 0.366 e. The number of aldehydes is 1. The van der Waals surface area contributed by atoms with Gasteiger partial charge in [-0.1, -0.05) is 41.4 Å². The molecule has 0 heterocycles. The molecular formula is C18H16Cl2N2O3. The Balaban J connectivity index is 2.16. The van der Waals surface area contributed by atoms with Crippen LogP contribution in [-0.4, -0.2) is 24.6 Å². The van der Waals surface area contributed by atoms with E-state index < -0.39 is 11.8 Å². The molecule has 0 aliphatic heterocycles. The minimum absolute atomic E-state index is 0.140. The van der Waals surface area contributed by atoms with Gasteiger partial charge >= 0.3 is 0 Å². The van der Waals surface area contributed by atoms with Crippen molar-refractivity contribution in [1.29, 1.82) is 0 Å². The third-order valence-corrected chi connectivity index (χ3v) is 4.48. The van der Waals surface area contributed by atoms with Gasteiger partial charge in [-0.05, 0) is 29.8 Å². The van der Waals surface area contributed by atoms with Crippen LogP contribution < -0.4 is 11.1 Å². The van der Waals surface area contributed by atoms with Gasteiger partial charge in [-0.25, -0.2) is 0 Å². The van der Waals surface area contributed by atoms with Gasteiger partial charge in [-0.15, -0.1) is 0 Å². The van der Waals surface area contributed by atoms with E-state index >= 15 is 0 Å². The minimum Gasteiger partial charge on any atom is -0.366 e. The quantitative estimate of drug-likeness (QED) is 0.724. The van der Waals surface area contributed by atoms with Gasteiger partial charge < -0.3 is 15.8 Å². The fraction of sp³-hybridized carbons (Fsp3) is 0.167. The molecule has 0 radical (unpaired) electrons. The van der Waals surface area contributed by atoms with Gasteiger partial charge in [-0.2, -0.15) is 0 Å². The van der Waals surface area contributed by atoms with E-state index in [9.17, 15) is 14.4 Å². The van der Waals surface area contributed by atoms with Crippen LogP contribution in [0.25, 0.3) is 0 Å². The Labute approximate surface area is 155 Å². The Bertz CT molecular complexity index is 809. The normalized spacial score (nSPS) is 11.6. The maximum Gasteiger partial charge on any atom is 0.252 e. The highest BCUT2D eigenvalue weighted by Gasteiger charge is 2.18. The molecule has 0 unspecified atom stereocenters. The number of halogens is 2. The second-order valence-corrected chi connectivity index (χ2v) is 6.21. The van der Waals surface area contributed by atoms with E-state index in [0.29, 0.717) is 10.0 Å². The molecular weight excluding hydrogens is 363 g/mol. The average molecular weight is 379 g/mol. The number of carbonyl (C=O) groups excluding carboxylic acids is 3. The van der Waals surface area contributed by atoms with E-state index in [1.54, 1.807) is 30.3 Å². The molecule has 25 heavy (non-hydrogen) atoms. The van der Waals surface area contributed by atoms with E-state index in [0.717, 1.165) is 11.8 Å². The van der Waals surface area contributed by atoms with Gasteiger partial charge in [0.15, 0.2) is 0 Å². The topological polar surface area (TPSA) is 89.3 Å². The van der Waals surface area contributed by atoms with Gasteiger partial charge in [-0.3, -0.25) is 9.59 Å². The second-order valence-electron chi connectivity index (χ2n) is 5.39. The summed E-state index contributed by atoms with van der Waals surface area (Å²) in [6.07, 6.45) is 0.979. The molecule has 0 aliphatic carbocycles. The highest BCUT2D eigenvalue weighted by molar-refractivity contribution is 6.42. The first kappa shape index (κ1) is 19.0. The Morgan fingerprint density at radius 3 is 2.36 bits per heavy atom. The van der Waals surface area contributed by atoms with Gasteiger partial charge in [0.25, 0.3) is 5.91 Å². The van der Waals surface area contributed by atoms with Crippen LogP contribution in [0, 0.1) is 0 Å². The van der Waals surface area contributed by atoms with Crippen molar-refractivity contribution >= 4 is 41.3 Å². The fourth-order valence-electron chi connectivity index (χ4n) is 2.43. The van der Waals surface area contributed by atoms with Crippen LogP contribution in [0.5, 0.6) is 0 Å². The summed E-state index contributed by atoms with van der Waals surface area (Å²) in [5.41, 5.74) is 6.40. The lowest BCUT2D eigenvalue weighted by molar-refractivity contribution is -0.108. The van der Waals surface area contributed by atoms with Crippen molar-refractivity contribution in [3.05, 3.63) is 69.2 Å². The number of benzene rings is 2. The molecule has 3 N–H and O–H groups in total. The summed E-state index contributed by atoms with van der Waals surface area (Å²) in [6.45, 7) is 0.197. The van der Waals surface area contributed by atoms with Crippen molar-refractivity contribution in [2.24, 2.45) is 5.73 Å². The maximum atomic E-state index is 12.4. The highest BCUT2D eigenvalue weighted by Crippen LogP contribution is 2.27. The third kappa shape index (κ3) is 4.81. The number of carbonyl (C=O) groups is 3. The molecule has 1 atom stereocenters. The van der Waals surface area contributed by atoms with Crippen LogP contribution in [0.2, 0.25) is 10.0 Å². The summed E-state index contributed by atoms with van der Waals surface area (Å²) in [7, 11) is 0. The van der Waals surface area contributed by atoms with E-state index in [1.807, 2.05) is 0 Å². The van der Waals surface area contributed by atoms with Crippen LogP contribution >= 0.6 is 23.2 Å². The molecule has 7 heteroatoms. The number of hydrogen-bond donors (Lipinski definition) is 2. The van der Waals surface area contributed by atoms with Crippen LogP contribution in [-0.2, 0) is 4.79 Å². The maximum absolute atomic E-state index is 12.4. The van der Waals surface area contributed by atoms with Crippen LogP contribution in [0.4, 0.5) is 0 Å². The SMILES string of the molecule is NC(=O)c1ccccc1C(=O)NC[C@@H](CC=O)c1ccc(Cl)c(Cl)c1. The zero-order chi connectivity index (χ0) is 18.4. The molecule has 0 saturated heterocycles. The Hall–Kier alpha value is -2.37. The zero-order valence-corrected chi connectivity index (χ0v) is 14.7. The monoisotopic (exact) mass is 378 g/mol. The molecule has 2 amide bonds. The molecule has 0 aromatic heterocycles. The van der Waals surface area contributed by atoms with Gasteiger partial charge in [0, 0.05) is 18.9 Å². The molecule has 2 aromatic carbocycles. The predicted molar refractivity (Wildman–Crippen MR) is 97.2 cm³/mol. The minimum atomic E-state index is -0.681. The molecule has 5 nitrogen and oxygen atoms in total. The van der Waals surface area contributed by atoms with E-state index in [-0.39, 0.29) is 30.0 Å². The third-order valence-electron chi connectivity index (χ3n) is 3.74. The van der Waals surface area contributed by atoms with Crippen molar-refractivity contribution < 1.29 is 14.4 Å². The fourth-order valence-corrected chi connectivity index (χ4v) is 2.73. The summed E-state index contributed by atoms with van der Waals surface area (Å²) in [5.74, 6) is -1.39. The summed E-state index contributed by atoms with van der Waals surface area (Å²) >= 11 is 11.9. The van der Waals surface area contributed by atoms with Gasteiger partial charge in [0.05, 0.1) is 21.2 Å². The summed E-state index contributed by atoms with van der Waals surface area (Å²) in [4.78, 5) is 34.8. The zero-order valence-electron chi connectivity index (χ0n) is 13.2. The predicted octanol–water partition coefficient (Wildman–Crippen LogP) is 3.19. The van der Waals surface area contributed by atoms with Crippen molar-refractivity contribution in [1.82, 2.24) is 5.32 Å². The van der Waals surface area contributed by atoms with Crippen LogP contribution in [0.15, 0.2) is 42.5 Å². The first-order valence-electron chi connectivity index (χ1n) is 7.49. The van der Waals surface area contributed by atoms with E-state index in [2.05, 4.69) is 5.32 Å². The number of nitrogens with one attached hydrogen (secondary N) is 1. The molecule has 0 spiro atoms. The molecule has 0 saturated carbocycles. The van der Waals surface area contributed by atoms with Crippen molar-refractivity contribution in [3.8, 4) is 0 Å². The lowest BCUT2D eigenvalue weighted by Crippen LogP contribution is -2.30. The van der Waals surface area contributed by atoms with Gasteiger partial charge in [0.1, 0.15) is 6.29 Å². The van der Waals surface area contributed by atoms with Crippen molar-refractivity contribution in [3.63, 3.8) is 0 Å². The molecule has 2 aromatic rings. The standard InChI is InChI=1S/C18H16Cl2N2O3/c19-15-6-5-11(9-16(15)20)12(7-8-23)10-22-18(25)14-4-2-1-3-13(14)17(21)24/h1-6,8-9,12H,7,10H2,(H2,21,24)(H,22,25)/t12-/m1/s1. The summed E-state index contributed by atoms with van der Waals surface area (Å²) in [6, 6.07) is 11.3. The summed E-state index contributed by atoms with van der Waals surface area (Å²) in [5, 5.41) is 3.52. The smallest absolute Gasteiger partial charge is 0.252 e. The first-order valence-corrected chi connectivity index (χ1v) is 8.25. The lowest BCUT2D eigenvalue weighted by Gasteiger charge is -2.17. The van der Waals surface area contributed by atoms with Crippen molar-refractivity contribution in [2.45, 2.75) is 12.3 Å². The van der Waals surface area contributed by atoms with E-state index in [4.69, 9.17) is 28.9 Å².